The molecule has 4 heteroatoms. The van der Waals surface area contributed by atoms with Crippen LogP contribution in [-0.4, -0.2) is 48.3 Å². The highest BCUT2D eigenvalue weighted by Gasteiger charge is 2.26. The van der Waals surface area contributed by atoms with Crippen molar-refractivity contribution in [1.82, 2.24) is 4.90 Å². The second-order valence-electron chi connectivity index (χ2n) is 4.22. The Morgan fingerprint density at radius 2 is 2.21 bits per heavy atom. The molecule has 0 aromatic heterocycles. The molecule has 0 spiro atoms. The lowest BCUT2D eigenvalue weighted by molar-refractivity contribution is -0.138. The highest BCUT2D eigenvalue weighted by molar-refractivity contribution is 5.66. The Morgan fingerprint density at radius 1 is 1.57 bits per heavy atom. The predicted molar refractivity (Wildman–Crippen MR) is 53.3 cm³/mol. The van der Waals surface area contributed by atoms with Crippen molar-refractivity contribution >= 4 is 5.97 Å². The van der Waals surface area contributed by atoms with Crippen molar-refractivity contribution in [2.45, 2.75) is 26.3 Å². The summed E-state index contributed by atoms with van der Waals surface area (Å²) in [7, 11) is 0. The Kier molecular flexibility index (Phi) is 4.35. The van der Waals surface area contributed by atoms with E-state index in [4.69, 9.17) is 9.84 Å². The number of nitrogens with zero attached hydrogens (tertiary/aromatic N) is 1. The molecule has 0 radical (unpaired) electrons. The Bertz CT molecular complexity index is 190. The lowest BCUT2D eigenvalue weighted by atomic mass is 10.1. The molecule has 1 aliphatic rings. The van der Waals surface area contributed by atoms with Gasteiger partial charge in [0.1, 0.15) is 0 Å². The first-order valence-corrected chi connectivity index (χ1v) is 5.13. The molecule has 0 aromatic rings. The van der Waals surface area contributed by atoms with Crippen LogP contribution in [0.5, 0.6) is 0 Å². The molecule has 14 heavy (non-hydrogen) atoms. The van der Waals surface area contributed by atoms with E-state index in [1.54, 1.807) is 0 Å². The number of carboxylic acids is 1. The summed E-state index contributed by atoms with van der Waals surface area (Å²) in [5.41, 5.74) is 0. The molecule has 0 saturated carbocycles. The summed E-state index contributed by atoms with van der Waals surface area (Å²) in [5, 5.41) is 8.61. The van der Waals surface area contributed by atoms with Gasteiger partial charge in [-0.15, -0.1) is 0 Å². The third-order valence-corrected chi connectivity index (χ3v) is 2.35. The molecule has 0 aliphatic carbocycles. The molecule has 1 heterocycles. The summed E-state index contributed by atoms with van der Waals surface area (Å²) in [6, 6.07) is 0.441. The lowest BCUT2D eigenvalue weighted by Crippen LogP contribution is -2.50. The minimum atomic E-state index is -0.723. The standard InChI is InChI=1S/C10H19NO3/c1-8(2)5-11(4-3-10(12)13)9-6-14-7-9/h8-9H,3-7H2,1-2H3,(H,12,13). The lowest BCUT2D eigenvalue weighted by Gasteiger charge is -2.38. The van der Waals surface area contributed by atoms with Crippen molar-refractivity contribution in [3.63, 3.8) is 0 Å². The van der Waals surface area contributed by atoms with Crippen LogP contribution in [0.15, 0.2) is 0 Å². The van der Waals surface area contributed by atoms with Crippen LogP contribution in [0.4, 0.5) is 0 Å². The minimum absolute atomic E-state index is 0.225. The molecule has 1 rings (SSSR count). The summed E-state index contributed by atoms with van der Waals surface area (Å²) in [6.45, 7) is 7.40. The monoisotopic (exact) mass is 201 g/mol. The molecule has 82 valence electrons. The quantitative estimate of drug-likeness (QED) is 0.691. The molecule has 0 amide bonds. The Hall–Kier alpha value is -0.610. The van der Waals surface area contributed by atoms with Gasteiger partial charge in [-0.1, -0.05) is 13.8 Å². The fourth-order valence-corrected chi connectivity index (χ4v) is 1.57. The number of ether oxygens (including phenoxy) is 1. The molecule has 1 aliphatic heterocycles. The van der Waals surface area contributed by atoms with Crippen LogP contribution in [0.25, 0.3) is 0 Å². The second-order valence-corrected chi connectivity index (χ2v) is 4.22. The van der Waals surface area contributed by atoms with E-state index >= 15 is 0 Å². The number of carbonyl (C=O) groups is 1. The third kappa shape index (κ3) is 3.64. The number of carboxylic acid groups (broad SMARTS) is 1. The first kappa shape index (κ1) is 11.5. The molecule has 4 nitrogen and oxygen atoms in total. The van der Waals surface area contributed by atoms with Crippen molar-refractivity contribution in [2.24, 2.45) is 5.92 Å². The highest BCUT2D eigenvalue weighted by atomic mass is 16.5. The second kappa shape index (κ2) is 5.32. The van der Waals surface area contributed by atoms with Crippen LogP contribution in [-0.2, 0) is 9.53 Å². The van der Waals surface area contributed by atoms with Crippen molar-refractivity contribution in [1.29, 1.82) is 0 Å². The summed E-state index contributed by atoms with van der Waals surface area (Å²) in [4.78, 5) is 12.7. The smallest absolute Gasteiger partial charge is 0.304 e. The zero-order valence-electron chi connectivity index (χ0n) is 8.90. The van der Waals surface area contributed by atoms with Gasteiger partial charge in [-0.2, -0.15) is 0 Å². The zero-order chi connectivity index (χ0) is 10.6. The van der Waals surface area contributed by atoms with Gasteiger partial charge >= 0.3 is 5.97 Å². The first-order valence-electron chi connectivity index (χ1n) is 5.13. The summed E-state index contributed by atoms with van der Waals surface area (Å²) in [5.74, 6) is -0.150. The van der Waals surface area contributed by atoms with Crippen LogP contribution in [0, 0.1) is 5.92 Å². The van der Waals surface area contributed by atoms with Crippen LogP contribution in [0.3, 0.4) is 0 Å². The average Bonchev–Trinajstić information content (AvgIpc) is 1.95. The van der Waals surface area contributed by atoms with Gasteiger partial charge in [0.2, 0.25) is 0 Å². The van der Waals surface area contributed by atoms with Gasteiger partial charge in [0.25, 0.3) is 0 Å². The van der Waals surface area contributed by atoms with E-state index in [2.05, 4.69) is 18.7 Å². The van der Waals surface area contributed by atoms with Gasteiger partial charge < -0.3 is 9.84 Å². The van der Waals surface area contributed by atoms with Gasteiger partial charge in [0.05, 0.1) is 25.7 Å². The van der Waals surface area contributed by atoms with Gasteiger partial charge in [-0.3, -0.25) is 9.69 Å². The SMILES string of the molecule is CC(C)CN(CCC(=O)O)C1COC1. The van der Waals surface area contributed by atoms with Crippen LogP contribution < -0.4 is 0 Å². The number of aliphatic carboxylic acids is 1. The zero-order valence-corrected chi connectivity index (χ0v) is 8.90. The van der Waals surface area contributed by atoms with E-state index < -0.39 is 5.97 Å². The van der Waals surface area contributed by atoms with Crippen LogP contribution in [0.1, 0.15) is 20.3 Å². The van der Waals surface area contributed by atoms with E-state index in [-0.39, 0.29) is 6.42 Å². The highest BCUT2D eigenvalue weighted by Crippen LogP contribution is 2.13. The predicted octanol–water partition coefficient (Wildman–Crippen LogP) is 0.818. The van der Waals surface area contributed by atoms with Gasteiger partial charge in [-0.25, -0.2) is 0 Å². The van der Waals surface area contributed by atoms with E-state index in [0.29, 0.717) is 18.5 Å². The van der Waals surface area contributed by atoms with E-state index in [1.807, 2.05) is 0 Å². The first-order chi connectivity index (χ1) is 6.59. The molecule has 0 atom stereocenters. The average molecular weight is 201 g/mol. The normalized spacial score (nSPS) is 17.4. The van der Waals surface area contributed by atoms with Crippen molar-refractivity contribution in [3.8, 4) is 0 Å². The molecular weight excluding hydrogens is 182 g/mol. The molecule has 0 aromatic carbocycles. The maximum absolute atomic E-state index is 10.5. The number of hydrogen-bond donors (Lipinski definition) is 1. The fourth-order valence-electron chi connectivity index (χ4n) is 1.57. The number of rotatable bonds is 6. The Labute approximate surface area is 84.8 Å². The van der Waals surface area contributed by atoms with E-state index in [0.717, 1.165) is 19.8 Å². The molecule has 1 N–H and O–H groups in total. The molecule has 0 bridgehead atoms. The molecule has 1 fully saturated rings. The van der Waals surface area contributed by atoms with Crippen molar-refractivity contribution < 1.29 is 14.6 Å². The largest absolute Gasteiger partial charge is 0.481 e. The maximum Gasteiger partial charge on any atom is 0.304 e. The van der Waals surface area contributed by atoms with E-state index in [1.165, 1.54) is 0 Å². The summed E-state index contributed by atoms with van der Waals surface area (Å²) < 4.78 is 5.12. The topological polar surface area (TPSA) is 49.8 Å². The third-order valence-electron chi connectivity index (χ3n) is 2.35. The van der Waals surface area contributed by atoms with Crippen molar-refractivity contribution in [2.75, 3.05) is 26.3 Å². The summed E-state index contributed by atoms with van der Waals surface area (Å²) >= 11 is 0. The van der Waals surface area contributed by atoms with Crippen LogP contribution in [0.2, 0.25) is 0 Å². The van der Waals surface area contributed by atoms with Gasteiger partial charge in [0, 0.05) is 13.1 Å². The Balaban J connectivity index is 2.31. The maximum atomic E-state index is 10.5. The Morgan fingerprint density at radius 3 is 2.57 bits per heavy atom. The van der Waals surface area contributed by atoms with Gasteiger partial charge in [0.15, 0.2) is 0 Å². The van der Waals surface area contributed by atoms with Crippen LogP contribution >= 0.6 is 0 Å². The minimum Gasteiger partial charge on any atom is -0.481 e. The van der Waals surface area contributed by atoms with Crippen molar-refractivity contribution in [3.05, 3.63) is 0 Å². The summed E-state index contributed by atoms with van der Waals surface area (Å²) in [6.07, 6.45) is 0.225. The van der Waals surface area contributed by atoms with E-state index in [9.17, 15) is 4.79 Å². The van der Waals surface area contributed by atoms with Gasteiger partial charge in [-0.05, 0) is 5.92 Å². The molecule has 1 saturated heterocycles. The number of hydrogen-bond acceptors (Lipinski definition) is 3. The molecule has 0 unspecified atom stereocenters. The molecular formula is C10H19NO3. The fraction of sp³-hybridized carbons (Fsp3) is 0.900.